The minimum atomic E-state index is 0.189. The molecule has 18 heavy (non-hydrogen) atoms. The second-order valence-electron chi connectivity index (χ2n) is 6.41. The molecule has 1 aromatic heterocycles. The lowest BCUT2D eigenvalue weighted by Crippen LogP contribution is -2.57. The largest absolute Gasteiger partial charge is 0.325 e. The highest BCUT2D eigenvalue weighted by molar-refractivity contribution is 5.15. The average Bonchev–Trinajstić information content (AvgIpc) is 2.30. The molecule has 3 heterocycles. The van der Waals surface area contributed by atoms with E-state index in [0.29, 0.717) is 11.8 Å². The number of hydrogen-bond donors (Lipinski definition) is 0. The van der Waals surface area contributed by atoms with Gasteiger partial charge in [0, 0.05) is 30.1 Å². The van der Waals surface area contributed by atoms with E-state index in [2.05, 4.69) is 20.0 Å². The summed E-state index contributed by atoms with van der Waals surface area (Å²) in [6, 6.07) is 5.78. The lowest BCUT2D eigenvalue weighted by Gasteiger charge is -2.48. The molecule has 1 aromatic rings. The number of aromatic nitrogens is 1. The Hall–Kier alpha value is -1.09. The van der Waals surface area contributed by atoms with E-state index in [4.69, 9.17) is 0 Å². The monoisotopic (exact) mass is 247 g/mol. The van der Waals surface area contributed by atoms with Crippen LogP contribution in [0, 0.1) is 5.92 Å². The third kappa shape index (κ3) is 1.91. The Balaban J connectivity index is 1.97. The third-order valence-corrected chi connectivity index (χ3v) is 4.68. The van der Waals surface area contributed by atoms with Crippen LogP contribution in [0.15, 0.2) is 23.0 Å². The van der Waals surface area contributed by atoms with Crippen LogP contribution in [-0.4, -0.2) is 35.7 Å². The summed E-state index contributed by atoms with van der Waals surface area (Å²) in [5.41, 5.74) is 1.47. The first-order valence-electron chi connectivity index (χ1n) is 7.14. The van der Waals surface area contributed by atoms with Crippen molar-refractivity contribution in [2.24, 2.45) is 5.92 Å². The average molecular weight is 247 g/mol. The first kappa shape index (κ1) is 12.0. The Bertz CT molecular complexity index is 507. The lowest BCUT2D eigenvalue weighted by atomic mass is 9.82. The molecule has 3 nitrogen and oxygen atoms in total. The molecule has 3 atom stereocenters. The number of nitrogens with zero attached hydrogens (tertiary/aromatic N) is 2. The minimum absolute atomic E-state index is 0.189. The van der Waals surface area contributed by atoms with Crippen LogP contribution in [0.4, 0.5) is 0 Å². The van der Waals surface area contributed by atoms with Crippen molar-refractivity contribution in [1.29, 1.82) is 0 Å². The second kappa shape index (κ2) is 4.23. The van der Waals surface area contributed by atoms with Crippen molar-refractivity contribution in [2.45, 2.75) is 32.2 Å². The summed E-state index contributed by atoms with van der Waals surface area (Å²) >= 11 is 0. The van der Waals surface area contributed by atoms with Gasteiger partial charge in [-0.05, 0) is 18.9 Å². The van der Waals surface area contributed by atoms with Crippen LogP contribution >= 0.6 is 0 Å². The van der Waals surface area contributed by atoms with Gasteiger partial charge in [-0.3, -0.25) is 4.79 Å². The zero-order valence-electron chi connectivity index (χ0n) is 11.4. The van der Waals surface area contributed by atoms with Gasteiger partial charge in [0.25, 0.3) is 5.56 Å². The number of rotatable bonds is 2. The molecule has 0 aromatic carbocycles. The van der Waals surface area contributed by atoms with Crippen LogP contribution in [0.25, 0.3) is 0 Å². The van der Waals surface area contributed by atoms with Crippen molar-refractivity contribution in [3.8, 4) is 0 Å². The van der Waals surface area contributed by atoms with Crippen molar-refractivity contribution < 1.29 is 4.48 Å². The highest BCUT2D eigenvalue weighted by atomic mass is 16.1. The smallest absolute Gasteiger partial charge is 0.250 e. The van der Waals surface area contributed by atoms with Crippen molar-refractivity contribution in [3.05, 3.63) is 34.2 Å². The SMILES string of the molecule is CCC[N+]1(C)CC2CC(C1)c1cccc(=O)n1C2. The Morgan fingerprint density at radius 1 is 1.39 bits per heavy atom. The summed E-state index contributed by atoms with van der Waals surface area (Å²) in [6.07, 6.45) is 2.53. The molecule has 0 saturated carbocycles. The Morgan fingerprint density at radius 2 is 2.22 bits per heavy atom. The van der Waals surface area contributed by atoms with Gasteiger partial charge in [0.1, 0.15) is 0 Å². The number of likely N-dealkylation sites (N-methyl/N-ethyl adjacent to an activating group) is 1. The summed E-state index contributed by atoms with van der Waals surface area (Å²) in [6.45, 7) is 6.92. The van der Waals surface area contributed by atoms with Gasteiger partial charge in [-0.2, -0.15) is 0 Å². The van der Waals surface area contributed by atoms with Gasteiger partial charge >= 0.3 is 0 Å². The van der Waals surface area contributed by atoms with Gasteiger partial charge in [-0.1, -0.05) is 13.0 Å². The van der Waals surface area contributed by atoms with Crippen LogP contribution in [0.3, 0.4) is 0 Å². The topological polar surface area (TPSA) is 22.0 Å². The van der Waals surface area contributed by atoms with Gasteiger partial charge in [0.05, 0.1) is 26.7 Å². The molecule has 0 radical (unpaired) electrons. The number of pyridine rings is 1. The van der Waals surface area contributed by atoms with Crippen molar-refractivity contribution in [2.75, 3.05) is 26.7 Å². The molecule has 0 amide bonds. The Labute approximate surface area is 109 Å². The lowest BCUT2D eigenvalue weighted by molar-refractivity contribution is -0.919. The van der Waals surface area contributed by atoms with Gasteiger partial charge in [-0.15, -0.1) is 0 Å². The standard InChI is InChI=1S/C15H23N2O/c1-3-7-17(2)10-12-8-13(11-17)14-5-4-6-15(18)16(14)9-12/h4-6,12-13H,3,7-11H2,1-2H3/q+1. The summed E-state index contributed by atoms with van der Waals surface area (Å²) in [4.78, 5) is 11.9. The molecule has 98 valence electrons. The van der Waals surface area contributed by atoms with E-state index in [-0.39, 0.29) is 5.56 Å². The first-order valence-corrected chi connectivity index (χ1v) is 7.14. The maximum atomic E-state index is 11.9. The normalized spacial score (nSPS) is 34.1. The number of piperidine rings is 1. The number of quaternary nitrogens is 1. The molecule has 2 bridgehead atoms. The molecule has 1 saturated heterocycles. The maximum absolute atomic E-state index is 11.9. The van der Waals surface area contributed by atoms with E-state index in [1.165, 1.54) is 42.7 Å². The molecule has 2 aliphatic heterocycles. The molecular formula is C15H23N2O+. The highest BCUT2D eigenvalue weighted by Crippen LogP contribution is 2.37. The van der Waals surface area contributed by atoms with E-state index >= 15 is 0 Å². The van der Waals surface area contributed by atoms with Crippen LogP contribution in [0.5, 0.6) is 0 Å². The fraction of sp³-hybridized carbons (Fsp3) is 0.667. The van der Waals surface area contributed by atoms with E-state index in [9.17, 15) is 4.79 Å². The van der Waals surface area contributed by atoms with Crippen LogP contribution < -0.4 is 5.56 Å². The van der Waals surface area contributed by atoms with Crippen molar-refractivity contribution in [1.82, 2.24) is 4.57 Å². The molecule has 3 rings (SSSR count). The Kier molecular flexibility index (Phi) is 2.81. The van der Waals surface area contributed by atoms with Gasteiger partial charge in [0.15, 0.2) is 0 Å². The number of fused-ring (bicyclic) bond motifs is 4. The van der Waals surface area contributed by atoms with Crippen LogP contribution in [0.2, 0.25) is 0 Å². The van der Waals surface area contributed by atoms with Gasteiger partial charge in [0.2, 0.25) is 0 Å². The Morgan fingerprint density at radius 3 is 3.00 bits per heavy atom. The van der Waals surface area contributed by atoms with E-state index in [1.807, 2.05) is 10.6 Å². The molecule has 1 fully saturated rings. The third-order valence-electron chi connectivity index (χ3n) is 4.68. The summed E-state index contributed by atoms with van der Waals surface area (Å²) in [5.74, 6) is 1.27. The second-order valence-corrected chi connectivity index (χ2v) is 6.41. The number of hydrogen-bond acceptors (Lipinski definition) is 1. The fourth-order valence-electron chi connectivity index (χ4n) is 4.20. The molecular weight excluding hydrogens is 224 g/mol. The summed E-state index contributed by atoms with van der Waals surface area (Å²) < 4.78 is 3.21. The van der Waals surface area contributed by atoms with E-state index in [0.717, 1.165) is 6.54 Å². The van der Waals surface area contributed by atoms with Gasteiger partial charge in [-0.25, -0.2) is 0 Å². The number of likely N-dealkylation sites (tertiary alicyclic amines) is 1. The van der Waals surface area contributed by atoms with Crippen molar-refractivity contribution >= 4 is 0 Å². The zero-order chi connectivity index (χ0) is 12.8. The zero-order valence-corrected chi connectivity index (χ0v) is 11.4. The van der Waals surface area contributed by atoms with Crippen molar-refractivity contribution in [3.63, 3.8) is 0 Å². The minimum Gasteiger partial charge on any atom is -0.325 e. The van der Waals surface area contributed by atoms with E-state index in [1.54, 1.807) is 6.07 Å². The van der Waals surface area contributed by atoms with Crippen LogP contribution in [-0.2, 0) is 6.54 Å². The highest BCUT2D eigenvalue weighted by Gasteiger charge is 2.41. The summed E-state index contributed by atoms with van der Waals surface area (Å²) in [5, 5.41) is 0. The fourth-order valence-corrected chi connectivity index (χ4v) is 4.20. The maximum Gasteiger partial charge on any atom is 0.250 e. The molecule has 0 aliphatic carbocycles. The molecule has 2 aliphatic rings. The molecule has 3 heteroatoms. The predicted octanol–water partition coefficient (Wildman–Crippen LogP) is 1.82. The molecule has 0 N–H and O–H groups in total. The van der Waals surface area contributed by atoms with Gasteiger partial charge < -0.3 is 9.05 Å². The quantitative estimate of drug-likeness (QED) is 0.731. The first-order chi connectivity index (χ1) is 8.61. The molecule has 3 unspecified atom stereocenters. The molecule has 0 spiro atoms. The van der Waals surface area contributed by atoms with Crippen LogP contribution in [0.1, 0.15) is 31.4 Å². The van der Waals surface area contributed by atoms with E-state index < -0.39 is 0 Å². The predicted molar refractivity (Wildman–Crippen MR) is 72.6 cm³/mol. The summed E-state index contributed by atoms with van der Waals surface area (Å²) in [7, 11) is 2.39.